The van der Waals surface area contributed by atoms with Crippen LogP contribution in [0.2, 0.25) is 0 Å². The van der Waals surface area contributed by atoms with Gasteiger partial charge < -0.3 is 24.6 Å². The quantitative estimate of drug-likeness (QED) is 0.347. The number of likely N-dealkylation sites (tertiary alicyclic amines) is 1. The first-order chi connectivity index (χ1) is 19.4. The number of rotatable bonds is 7. The topological polar surface area (TPSA) is 112 Å². The number of H-pyrrole nitrogens is 1. The van der Waals surface area contributed by atoms with E-state index in [9.17, 15) is 14.7 Å². The number of hydrogen-bond acceptors (Lipinski definition) is 6. The predicted octanol–water partition coefficient (Wildman–Crippen LogP) is 4.87. The van der Waals surface area contributed by atoms with Crippen LogP contribution in [0.25, 0.3) is 33.5 Å². The van der Waals surface area contributed by atoms with Crippen molar-refractivity contribution in [3.63, 3.8) is 0 Å². The Morgan fingerprint density at radius 3 is 2.77 bits per heavy atom. The van der Waals surface area contributed by atoms with Gasteiger partial charge in [-0.05, 0) is 60.9 Å². The lowest BCUT2D eigenvalue weighted by Crippen LogP contribution is -2.36. The third-order valence-corrected chi connectivity index (χ3v) is 8.14. The average Bonchev–Trinajstić information content (AvgIpc) is 3.72. The number of nitrogens with zero attached hydrogens (tertiary/aromatic N) is 4. The van der Waals surface area contributed by atoms with Gasteiger partial charge in [0, 0.05) is 55.8 Å². The number of methoxy groups -OCH3 is 1. The molecule has 2 aromatic carbocycles. The van der Waals surface area contributed by atoms with Gasteiger partial charge >= 0.3 is 0 Å². The molecule has 1 aliphatic heterocycles. The molecule has 2 aliphatic rings. The Labute approximate surface area is 232 Å². The molecule has 9 nitrogen and oxygen atoms in total. The van der Waals surface area contributed by atoms with Gasteiger partial charge in [0.1, 0.15) is 11.6 Å². The minimum absolute atomic E-state index is 0.0828. The highest BCUT2D eigenvalue weighted by Crippen LogP contribution is 2.36. The summed E-state index contributed by atoms with van der Waals surface area (Å²) in [5.41, 5.74) is 4.08. The molecule has 1 aliphatic carbocycles. The van der Waals surface area contributed by atoms with Gasteiger partial charge in [-0.3, -0.25) is 9.59 Å². The zero-order valence-corrected chi connectivity index (χ0v) is 22.8. The number of ether oxygens (including phenoxy) is 1. The van der Waals surface area contributed by atoms with Gasteiger partial charge in [0.05, 0.1) is 23.7 Å². The number of amides is 2. The number of hydrogen-bond donors (Lipinski definition) is 2. The second-order valence-electron chi connectivity index (χ2n) is 10.8. The van der Waals surface area contributed by atoms with Crippen molar-refractivity contribution in [3.05, 3.63) is 60.3 Å². The molecular weight excluding hydrogens is 506 g/mol. The van der Waals surface area contributed by atoms with Crippen LogP contribution in [-0.4, -0.2) is 75.0 Å². The Morgan fingerprint density at radius 2 is 1.98 bits per heavy atom. The van der Waals surface area contributed by atoms with Gasteiger partial charge in [0.15, 0.2) is 0 Å². The summed E-state index contributed by atoms with van der Waals surface area (Å²) in [7, 11) is 3.37. The Balaban J connectivity index is 1.20. The second-order valence-corrected chi connectivity index (χ2v) is 10.8. The summed E-state index contributed by atoms with van der Waals surface area (Å²) in [5.74, 6) is 1.34. The summed E-state index contributed by atoms with van der Waals surface area (Å²) in [6, 6.07) is 14.7. The standard InChI is InChI=1S/C31H33N5O4/c1-35(17-19-14-28(38)36(18-19)22-6-3-4-7-22)31(39)21-9-11-25-26(16-21)34-29(33-25)24-15-20(10-12-27(24)37)23-8-5-13-32-30(23)40-2/h5,8-13,15-16,19,22,37H,3-4,6-7,14,17-18H2,1-2H3,(H,33,34). The van der Waals surface area contributed by atoms with Crippen molar-refractivity contribution >= 4 is 22.8 Å². The van der Waals surface area contributed by atoms with Gasteiger partial charge in [-0.2, -0.15) is 0 Å². The summed E-state index contributed by atoms with van der Waals surface area (Å²) in [6.45, 7) is 1.27. The van der Waals surface area contributed by atoms with Gasteiger partial charge in [0.2, 0.25) is 11.8 Å². The number of aromatic hydroxyl groups is 1. The van der Waals surface area contributed by atoms with Crippen molar-refractivity contribution in [2.75, 3.05) is 27.2 Å². The second kappa shape index (κ2) is 10.6. The van der Waals surface area contributed by atoms with Crippen LogP contribution in [0, 0.1) is 5.92 Å². The number of benzene rings is 2. The highest BCUT2D eigenvalue weighted by atomic mass is 16.5. The van der Waals surface area contributed by atoms with E-state index in [1.165, 1.54) is 12.8 Å². The molecule has 2 aromatic heterocycles. The van der Waals surface area contributed by atoms with Gasteiger partial charge in [-0.25, -0.2) is 9.97 Å². The van der Waals surface area contributed by atoms with Crippen LogP contribution in [0.15, 0.2) is 54.7 Å². The van der Waals surface area contributed by atoms with E-state index in [0.717, 1.165) is 30.5 Å². The maximum absolute atomic E-state index is 13.3. The van der Waals surface area contributed by atoms with E-state index < -0.39 is 0 Å². The molecule has 3 heterocycles. The van der Waals surface area contributed by atoms with Crippen molar-refractivity contribution in [2.24, 2.45) is 5.92 Å². The zero-order chi connectivity index (χ0) is 27.8. The smallest absolute Gasteiger partial charge is 0.253 e. The van der Waals surface area contributed by atoms with Crippen LogP contribution in [0.4, 0.5) is 0 Å². The van der Waals surface area contributed by atoms with Gasteiger partial charge in [-0.1, -0.05) is 18.9 Å². The van der Waals surface area contributed by atoms with Gasteiger partial charge in [0.25, 0.3) is 5.91 Å². The highest BCUT2D eigenvalue weighted by molar-refractivity contribution is 5.97. The molecule has 0 radical (unpaired) electrons. The summed E-state index contributed by atoms with van der Waals surface area (Å²) in [5, 5.41) is 10.6. The molecule has 2 N–H and O–H groups in total. The number of carbonyl (C=O) groups is 2. The van der Waals surface area contributed by atoms with Crippen LogP contribution in [-0.2, 0) is 4.79 Å². The molecule has 40 heavy (non-hydrogen) atoms. The monoisotopic (exact) mass is 539 g/mol. The lowest BCUT2D eigenvalue weighted by atomic mass is 10.0. The summed E-state index contributed by atoms with van der Waals surface area (Å²) in [6.07, 6.45) is 6.75. The molecule has 0 spiro atoms. The molecule has 6 rings (SSSR count). The Hall–Kier alpha value is -4.40. The summed E-state index contributed by atoms with van der Waals surface area (Å²) in [4.78, 5) is 41.9. The third-order valence-electron chi connectivity index (χ3n) is 8.14. The molecule has 4 aromatic rings. The van der Waals surface area contributed by atoms with Crippen molar-refractivity contribution in [2.45, 2.75) is 38.1 Å². The van der Waals surface area contributed by atoms with E-state index in [4.69, 9.17) is 4.74 Å². The van der Waals surface area contributed by atoms with Crippen molar-refractivity contribution in [1.82, 2.24) is 24.8 Å². The van der Waals surface area contributed by atoms with Crippen LogP contribution >= 0.6 is 0 Å². The van der Waals surface area contributed by atoms with E-state index in [1.54, 1.807) is 49.5 Å². The number of nitrogens with one attached hydrogen (secondary N) is 1. The number of phenolic OH excluding ortho intramolecular Hbond substituents is 1. The maximum atomic E-state index is 13.3. The number of phenols is 1. The number of carbonyl (C=O) groups excluding carboxylic acids is 2. The molecule has 2 fully saturated rings. The Morgan fingerprint density at radius 1 is 1.15 bits per heavy atom. The maximum Gasteiger partial charge on any atom is 0.253 e. The Kier molecular flexibility index (Phi) is 6.88. The summed E-state index contributed by atoms with van der Waals surface area (Å²) >= 11 is 0. The number of aromatic nitrogens is 3. The largest absolute Gasteiger partial charge is 0.507 e. The molecule has 9 heteroatoms. The van der Waals surface area contributed by atoms with Crippen molar-refractivity contribution in [3.8, 4) is 34.1 Å². The number of aromatic amines is 1. The van der Waals surface area contributed by atoms with E-state index in [1.807, 2.05) is 29.2 Å². The molecule has 206 valence electrons. The lowest BCUT2D eigenvalue weighted by molar-refractivity contribution is -0.129. The molecule has 1 atom stereocenters. The molecule has 0 bridgehead atoms. The van der Waals surface area contributed by atoms with Crippen LogP contribution in [0.1, 0.15) is 42.5 Å². The van der Waals surface area contributed by atoms with Crippen LogP contribution in [0.3, 0.4) is 0 Å². The van der Waals surface area contributed by atoms with Crippen LogP contribution < -0.4 is 4.74 Å². The van der Waals surface area contributed by atoms with E-state index in [0.29, 0.717) is 52.9 Å². The minimum atomic E-state index is -0.0988. The fourth-order valence-electron chi connectivity index (χ4n) is 6.13. The molecule has 2 amide bonds. The van der Waals surface area contributed by atoms with Crippen LogP contribution in [0.5, 0.6) is 11.6 Å². The highest BCUT2D eigenvalue weighted by Gasteiger charge is 2.36. The number of pyridine rings is 1. The lowest BCUT2D eigenvalue weighted by Gasteiger charge is -2.25. The molecule has 1 saturated heterocycles. The zero-order valence-electron chi connectivity index (χ0n) is 22.8. The minimum Gasteiger partial charge on any atom is -0.507 e. The number of imidazole rings is 1. The first kappa shape index (κ1) is 25.9. The first-order valence-electron chi connectivity index (χ1n) is 13.8. The average molecular weight is 540 g/mol. The fourth-order valence-corrected chi connectivity index (χ4v) is 6.13. The molecule has 1 unspecified atom stereocenters. The first-order valence-corrected chi connectivity index (χ1v) is 13.8. The van der Waals surface area contributed by atoms with Crippen molar-refractivity contribution in [1.29, 1.82) is 0 Å². The van der Waals surface area contributed by atoms with E-state index >= 15 is 0 Å². The van der Waals surface area contributed by atoms with E-state index in [2.05, 4.69) is 15.0 Å². The third kappa shape index (κ3) is 4.87. The fraction of sp³-hybridized carbons (Fsp3) is 0.355. The SMILES string of the molecule is COc1ncccc1-c1ccc(O)c(-c2nc3ccc(C(=O)N(C)CC4CC(=O)N(C5CCCC5)C4)cc3[nH]2)c1. The normalized spacial score (nSPS) is 17.6. The number of fused-ring (bicyclic) bond motifs is 1. The predicted molar refractivity (Wildman–Crippen MR) is 152 cm³/mol. The van der Waals surface area contributed by atoms with Gasteiger partial charge in [-0.15, -0.1) is 0 Å². The molecule has 1 saturated carbocycles. The Bertz CT molecular complexity index is 1580. The van der Waals surface area contributed by atoms with Crippen molar-refractivity contribution < 1.29 is 19.4 Å². The van der Waals surface area contributed by atoms with E-state index in [-0.39, 0.29) is 23.5 Å². The summed E-state index contributed by atoms with van der Waals surface area (Å²) < 4.78 is 5.40. The molecular formula is C31H33N5O4.